The van der Waals surface area contributed by atoms with Gasteiger partial charge in [-0.3, -0.25) is 9.59 Å². The van der Waals surface area contributed by atoms with Gasteiger partial charge < -0.3 is 10.2 Å². The number of allylic oxidation sites excluding steroid dienone is 1. The van der Waals surface area contributed by atoms with Crippen molar-refractivity contribution >= 4 is 17.6 Å². The van der Waals surface area contributed by atoms with Gasteiger partial charge in [0.1, 0.15) is 0 Å². The van der Waals surface area contributed by atoms with Crippen molar-refractivity contribution in [2.24, 2.45) is 0 Å². The van der Waals surface area contributed by atoms with Crippen LogP contribution in [0.25, 0.3) is 6.08 Å². The predicted molar refractivity (Wildman–Crippen MR) is 63.7 cm³/mol. The summed E-state index contributed by atoms with van der Waals surface area (Å²) in [5.74, 6) is -1.28. The monoisotopic (exact) mass is 234 g/mol. The molecular weight excluding hydrogens is 220 g/mol. The SMILES string of the molecule is CCC(=O)/C(=C\c1cccc(O)c1O)C(C)=O. The second-order valence-corrected chi connectivity index (χ2v) is 3.61. The van der Waals surface area contributed by atoms with Gasteiger partial charge in [-0.2, -0.15) is 0 Å². The third-order valence-electron chi connectivity index (χ3n) is 2.35. The van der Waals surface area contributed by atoms with E-state index in [1.165, 1.54) is 31.2 Å². The second-order valence-electron chi connectivity index (χ2n) is 3.61. The molecule has 0 aromatic heterocycles. The fourth-order valence-electron chi connectivity index (χ4n) is 1.39. The summed E-state index contributed by atoms with van der Waals surface area (Å²) in [6.07, 6.45) is 1.51. The van der Waals surface area contributed by atoms with E-state index in [9.17, 15) is 19.8 Å². The van der Waals surface area contributed by atoms with Crippen molar-refractivity contribution in [1.29, 1.82) is 0 Å². The molecule has 1 aromatic carbocycles. The normalized spacial score (nSPS) is 11.3. The summed E-state index contributed by atoms with van der Waals surface area (Å²) < 4.78 is 0. The summed E-state index contributed by atoms with van der Waals surface area (Å²) in [6.45, 7) is 2.95. The molecule has 17 heavy (non-hydrogen) atoms. The number of aromatic hydroxyl groups is 2. The highest BCUT2D eigenvalue weighted by Crippen LogP contribution is 2.30. The van der Waals surface area contributed by atoms with E-state index in [4.69, 9.17) is 0 Å². The Labute approximate surface area is 99.2 Å². The van der Waals surface area contributed by atoms with Crippen molar-refractivity contribution in [2.45, 2.75) is 20.3 Å². The minimum atomic E-state index is -0.361. The van der Waals surface area contributed by atoms with Crippen LogP contribution in [-0.4, -0.2) is 21.8 Å². The Bertz CT molecular complexity index is 486. The molecule has 0 aliphatic heterocycles. The van der Waals surface area contributed by atoms with Crippen LogP contribution in [0.4, 0.5) is 0 Å². The van der Waals surface area contributed by atoms with Crippen LogP contribution in [0, 0.1) is 0 Å². The molecule has 0 aliphatic rings. The number of phenolic OH excluding ortho intramolecular Hbond substituents is 2. The maximum Gasteiger partial charge on any atom is 0.166 e. The maximum atomic E-state index is 11.5. The zero-order valence-corrected chi connectivity index (χ0v) is 9.73. The molecule has 1 rings (SSSR count). The van der Waals surface area contributed by atoms with Gasteiger partial charge in [-0.05, 0) is 19.1 Å². The van der Waals surface area contributed by atoms with Crippen molar-refractivity contribution in [3.05, 3.63) is 29.3 Å². The van der Waals surface area contributed by atoms with E-state index in [1.807, 2.05) is 0 Å². The average Bonchev–Trinajstić information content (AvgIpc) is 2.29. The summed E-state index contributed by atoms with van der Waals surface area (Å²) >= 11 is 0. The van der Waals surface area contributed by atoms with Gasteiger partial charge in [0, 0.05) is 12.0 Å². The largest absolute Gasteiger partial charge is 0.504 e. The zero-order valence-electron chi connectivity index (χ0n) is 9.73. The Morgan fingerprint density at radius 2 is 1.94 bits per heavy atom. The van der Waals surface area contributed by atoms with Crippen molar-refractivity contribution in [1.82, 2.24) is 0 Å². The lowest BCUT2D eigenvalue weighted by molar-refractivity contribution is -0.120. The minimum Gasteiger partial charge on any atom is -0.504 e. The molecule has 0 heterocycles. The lowest BCUT2D eigenvalue weighted by Gasteiger charge is -2.04. The molecule has 0 fully saturated rings. The first-order chi connectivity index (χ1) is 7.97. The lowest BCUT2D eigenvalue weighted by Crippen LogP contribution is -2.08. The summed E-state index contributed by atoms with van der Waals surface area (Å²) in [5.41, 5.74) is 0.269. The molecule has 0 aliphatic carbocycles. The van der Waals surface area contributed by atoms with E-state index in [-0.39, 0.29) is 40.6 Å². The molecule has 0 atom stereocenters. The van der Waals surface area contributed by atoms with Gasteiger partial charge in [-0.25, -0.2) is 0 Å². The quantitative estimate of drug-likeness (QED) is 0.362. The average molecular weight is 234 g/mol. The van der Waals surface area contributed by atoms with Crippen LogP contribution in [0.1, 0.15) is 25.8 Å². The first-order valence-corrected chi connectivity index (χ1v) is 5.24. The van der Waals surface area contributed by atoms with E-state index < -0.39 is 0 Å². The number of Topliss-reactive ketones (excluding diaryl/α,β-unsaturated/α-hetero) is 2. The number of phenols is 2. The standard InChI is InChI=1S/C13H14O4/c1-3-11(15)10(8(2)14)7-9-5-4-6-12(16)13(9)17/h4-7,16-17H,3H2,1-2H3/b10-7-. The van der Waals surface area contributed by atoms with Crippen LogP contribution >= 0.6 is 0 Å². The molecule has 90 valence electrons. The van der Waals surface area contributed by atoms with Gasteiger partial charge in [0.2, 0.25) is 0 Å². The highest BCUT2D eigenvalue weighted by atomic mass is 16.3. The molecule has 4 heteroatoms. The molecule has 1 aromatic rings. The molecule has 0 spiro atoms. The summed E-state index contributed by atoms with van der Waals surface area (Å²) in [5, 5.41) is 18.9. The van der Waals surface area contributed by atoms with Gasteiger partial charge in [0.15, 0.2) is 23.1 Å². The fraction of sp³-hybridized carbons (Fsp3) is 0.231. The second kappa shape index (κ2) is 5.30. The highest BCUT2D eigenvalue weighted by Gasteiger charge is 2.14. The molecule has 4 nitrogen and oxygen atoms in total. The van der Waals surface area contributed by atoms with E-state index in [0.29, 0.717) is 0 Å². The van der Waals surface area contributed by atoms with E-state index >= 15 is 0 Å². The van der Waals surface area contributed by atoms with Gasteiger partial charge in [0.05, 0.1) is 5.57 Å². The summed E-state index contributed by atoms with van der Waals surface area (Å²) in [7, 11) is 0. The number of rotatable bonds is 4. The molecule has 2 N–H and O–H groups in total. The molecule has 0 saturated carbocycles. The van der Waals surface area contributed by atoms with Gasteiger partial charge in [-0.15, -0.1) is 0 Å². The minimum absolute atomic E-state index is 0.0217. The lowest BCUT2D eigenvalue weighted by atomic mass is 10.0. The number of benzene rings is 1. The van der Waals surface area contributed by atoms with Crippen molar-refractivity contribution in [3.8, 4) is 11.5 Å². The topological polar surface area (TPSA) is 74.6 Å². The van der Waals surface area contributed by atoms with Crippen molar-refractivity contribution in [2.75, 3.05) is 0 Å². The number of ketones is 2. The van der Waals surface area contributed by atoms with Gasteiger partial charge in [-0.1, -0.05) is 19.1 Å². The van der Waals surface area contributed by atoms with Crippen molar-refractivity contribution in [3.63, 3.8) is 0 Å². The Hall–Kier alpha value is -2.10. The number of hydrogen-bond donors (Lipinski definition) is 2. The third kappa shape index (κ3) is 2.93. The van der Waals surface area contributed by atoms with E-state index in [0.717, 1.165) is 0 Å². The number of para-hydroxylation sites is 1. The Balaban J connectivity index is 3.27. The van der Waals surface area contributed by atoms with Crippen molar-refractivity contribution < 1.29 is 19.8 Å². The Morgan fingerprint density at radius 1 is 1.29 bits per heavy atom. The van der Waals surface area contributed by atoms with Gasteiger partial charge >= 0.3 is 0 Å². The highest BCUT2D eigenvalue weighted by molar-refractivity contribution is 6.22. The van der Waals surface area contributed by atoms with E-state index in [1.54, 1.807) is 6.92 Å². The summed E-state index contributed by atoms with van der Waals surface area (Å²) in [4.78, 5) is 22.8. The maximum absolute atomic E-state index is 11.5. The number of carbonyl (C=O) groups excluding carboxylic acids is 2. The number of hydrogen-bond acceptors (Lipinski definition) is 4. The Morgan fingerprint density at radius 3 is 2.47 bits per heavy atom. The van der Waals surface area contributed by atoms with Crippen LogP contribution in [0.3, 0.4) is 0 Å². The molecule has 0 bridgehead atoms. The third-order valence-corrected chi connectivity index (χ3v) is 2.35. The molecule has 0 amide bonds. The van der Waals surface area contributed by atoms with Gasteiger partial charge in [0.25, 0.3) is 0 Å². The Kier molecular flexibility index (Phi) is 4.04. The first kappa shape index (κ1) is 13.0. The number of carbonyl (C=O) groups is 2. The molecule has 0 saturated heterocycles. The first-order valence-electron chi connectivity index (χ1n) is 5.24. The molecule has 0 radical (unpaired) electrons. The van der Waals surface area contributed by atoms with Crippen LogP contribution < -0.4 is 0 Å². The fourth-order valence-corrected chi connectivity index (χ4v) is 1.39. The van der Waals surface area contributed by atoms with E-state index in [2.05, 4.69) is 0 Å². The van der Waals surface area contributed by atoms with Crippen LogP contribution in [0.15, 0.2) is 23.8 Å². The molecule has 0 unspecified atom stereocenters. The van der Waals surface area contributed by atoms with Crippen LogP contribution in [-0.2, 0) is 9.59 Å². The van der Waals surface area contributed by atoms with Crippen LogP contribution in [0.2, 0.25) is 0 Å². The smallest absolute Gasteiger partial charge is 0.166 e. The van der Waals surface area contributed by atoms with Crippen LogP contribution in [0.5, 0.6) is 11.5 Å². The summed E-state index contributed by atoms with van der Waals surface area (Å²) in [6, 6.07) is 4.36. The predicted octanol–water partition coefficient (Wildman–Crippen LogP) is 2.05. The zero-order chi connectivity index (χ0) is 13.0. The molecular formula is C13H14O4.